The Morgan fingerprint density at radius 2 is 1.71 bits per heavy atom. The number of rotatable bonds is 3. The van der Waals surface area contributed by atoms with Crippen molar-refractivity contribution in [1.29, 1.82) is 5.41 Å². The minimum Gasteiger partial charge on any atom is -0.305 e. The van der Waals surface area contributed by atoms with Crippen LogP contribution in [0.3, 0.4) is 0 Å². The van der Waals surface area contributed by atoms with Gasteiger partial charge in [-0.15, -0.1) is 0 Å². The molecule has 1 N–H and O–H groups in total. The Morgan fingerprint density at radius 3 is 2.12 bits per heavy atom. The first kappa shape index (κ1) is 11.2. The van der Waals surface area contributed by atoms with Crippen LogP contribution in [-0.4, -0.2) is 34.8 Å². The first-order valence-corrected chi connectivity index (χ1v) is 5.09. The van der Waals surface area contributed by atoms with Crippen LogP contribution in [0.5, 0.6) is 0 Å². The van der Waals surface area contributed by atoms with E-state index in [1.165, 1.54) is 6.92 Å². The van der Waals surface area contributed by atoms with Crippen LogP contribution in [-0.2, 0) is 4.79 Å². The van der Waals surface area contributed by atoms with E-state index in [2.05, 4.69) is 0 Å². The van der Waals surface area contributed by atoms with Gasteiger partial charge in [0.15, 0.2) is 5.78 Å². The van der Waals surface area contributed by atoms with Crippen molar-refractivity contribution >= 4 is 23.8 Å². The first-order valence-electron chi connectivity index (χ1n) is 5.09. The third kappa shape index (κ3) is 1.56. The Bertz CT molecular complexity index is 501. The maximum Gasteiger partial charge on any atom is 0.262 e. The van der Waals surface area contributed by atoms with Crippen molar-refractivity contribution in [3.63, 3.8) is 0 Å². The summed E-state index contributed by atoms with van der Waals surface area (Å²) in [4.78, 5) is 36.1. The van der Waals surface area contributed by atoms with Crippen LogP contribution < -0.4 is 0 Å². The Kier molecular flexibility index (Phi) is 2.59. The highest BCUT2D eigenvalue weighted by molar-refractivity contribution is 6.32. The number of fused-ring (bicyclic) bond motifs is 1. The van der Waals surface area contributed by atoms with Crippen LogP contribution in [0.1, 0.15) is 27.6 Å². The highest BCUT2D eigenvalue weighted by atomic mass is 16.2. The van der Waals surface area contributed by atoms with Gasteiger partial charge in [-0.05, 0) is 19.1 Å². The molecule has 1 unspecified atom stereocenters. The fraction of sp³-hybridized carbons (Fsp3) is 0.167. The summed E-state index contributed by atoms with van der Waals surface area (Å²) in [6, 6.07) is 5.50. The van der Waals surface area contributed by atoms with E-state index in [0.717, 1.165) is 4.90 Å². The van der Waals surface area contributed by atoms with Crippen molar-refractivity contribution in [3.05, 3.63) is 35.4 Å². The topological polar surface area (TPSA) is 78.3 Å². The number of hydrogen-bond donors (Lipinski definition) is 1. The van der Waals surface area contributed by atoms with Crippen molar-refractivity contribution in [2.75, 3.05) is 0 Å². The Morgan fingerprint density at radius 1 is 1.24 bits per heavy atom. The fourth-order valence-electron chi connectivity index (χ4n) is 1.81. The predicted molar refractivity (Wildman–Crippen MR) is 60.2 cm³/mol. The van der Waals surface area contributed by atoms with Crippen LogP contribution in [0.2, 0.25) is 0 Å². The van der Waals surface area contributed by atoms with Crippen molar-refractivity contribution in [2.45, 2.75) is 13.0 Å². The van der Waals surface area contributed by atoms with E-state index < -0.39 is 23.6 Å². The number of nitrogens with zero attached hydrogens (tertiary/aromatic N) is 1. The highest BCUT2D eigenvalue weighted by Gasteiger charge is 2.39. The molecule has 0 aliphatic carbocycles. The van der Waals surface area contributed by atoms with Crippen molar-refractivity contribution in [2.24, 2.45) is 0 Å². The molecule has 0 saturated heterocycles. The van der Waals surface area contributed by atoms with Crippen molar-refractivity contribution in [1.82, 2.24) is 4.90 Å². The van der Waals surface area contributed by atoms with Crippen LogP contribution in [0.25, 0.3) is 0 Å². The van der Waals surface area contributed by atoms with Gasteiger partial charge in [-0.25, -0.2) is 0 Å². The third-order valence-electron chi connectivity index (χ3n) is 2.77. The molecule has 1 atom stereocenters. The lowest BCUT2D eigenvalue weighted by Crippen LogP contribution is -2.43. The maximum absolute atomic E-state index is 11.9. The summed E-state index contributed by atoms with van der Waals surface area (Å²) in [5.74, 6) is -1.53. The van der Waals surface area contributed by atoms with Crippen LogP contribution in [0, 0.1) is 5.41 Å². The van der Waals surface area contributed by atoms with E-state index >= 15 is 0 Å². The Labute approximate surface area is 97.5 Å². The quantitative estimate of drug-likeness (QED) is 0.618. The summed E-state index contributed by atoms with van der Waals surface area (Å²) in [6.45, 7) is 1.44. The Balaban J connectivity index is 2.43. The second-order valence-corrected chi connectivity index (χ2v) is 3.75. The van der Waals surface area contributed by atoms with E-state index in [0.29, 0.717) is 17.3 Å². The molecule has 2 rings (SSSR count). The highest BCUT2D eigenvalue weighted by Crippen LogP contribution is 2.24. The number of carbonyl (C=O) groups excluding carboxylic acids is 3. The predicted octanol–water partition coefficient (Wildman–Crippen LogP) is 0.890. The molecule has 0 saturated carbocycles. The standard InChI is InChI=1S/C12H10N2O3/c1-7(10(15)6-13)14-11(16)8-4-2-3-5-9(8)12(14)17/h2-7,13H,1H3. The summed E-state index contributed by atoms with van der Waals surface area (Å²) < 4.78 is 0. The molecule has 1 aliphatic heterocycles. The average Bonchev–Trinajstić information content (AvgIpc) is 2.61. The van der Waals surface area contributed by atoms with Gasteiger partial charge in [-0.2, -0.15) is 0 Å². The van der Waals surface area contributed by atoms with Crippen molar-refractivity contribution < 1.29 is 14.4 Å². The summed E-state index contributed by atoms with van der Waals surface area (Å²) in [7, 11) is 0. The molecule has 1 aliphatic rings. The molecule has 0 bridgehead atoms. The molecule has 0 spiro atoms. The molecule has 1 aromatic rings. The number of imide groups is 1. The molecule has 0 aromatic heterocycles. The van der Waals surface area contributed by atoms with Gasteiger partial charge < -0.3 is 5.41 Å². The minimum atomic E-state index is -0.931. The molecule has 1 heterocycles. The largest absolute Gasteiger partial charge is 0.305 e. The molecule has 17 heavy (non-hydrogen) atoms. The smallest absolute Gasteiger partial charge is 0.262 e. The molecule has 5 nitrogen and oxygen atoms in total. The second kappa shape index (κ2) is 3.93. The lowest BCUT2D eigenvalue weighted by Gasteiger charge is -2.19. The lowest BCUT2D eigenvalue weighted by molar-refractivity contribution is -0.115. The summed E-state index contributed by atoms with van der Waals surface area (Å²) in [5, 5.41) is 6.87. The maximum atomic E-state index is 11.9. The van der Waals surface area contributed by atoms with E-state index in [-0.39, 0.29) is 0 Å². The van der Waals surface area contributed by atoms with E-state index in [9.17, 15) is 14.4 Å². The summed E-state index contributed by atoms with van der Waals surface area (Å²) in [5.41, 5.74) is 0.615. The van der Waals surface area contributed by atoms with Gasteiger partial charge in [-0.3, -0.25) is 19.3 Å². The number of carbonyl (C=O) groups is 3. The van der Waals surface area contributed by atoms with E-state index in [1.807, 2.05) is 0 Å². The molecule has 2 amide bonds. The number of amides is 2. The molecular weight excluding hydrogens is 220 g/mol. The van der Waals surface area contributed by atoms with Crippen molar-refractivity contribution in [3.8, 4) is 0 Å². The Hall–Kier alpha value is -2.30. The van der Waals surface area contributed by atoms with Gasteiger partial charge in [0, 0.05) is 0 Å². The average molecular weight is 230 g/mol. The molecule has 0 fully saturated rings. The van der Waals surface area contributed by atoms with Crippen LogP contribution in [0.4, 0.5) is 0 Å². The van der Waals surface area contributed by atoms with Gasteiger partial charge in [0.25, 0.3) is 11.8 Å². The number of Topliss-reactive ketones (excluding diaryl/α,β-unsaturated/α-hetero) is 1. The van der Waals surface area contributed by atoms with Gasteiger partial charge >= 0.3 is 0 Å². The third-order valence-corrected chi connectivity index (χ3v) is 2.77. The van der Waals surface area contributed by atoms with E-state index in [4.69, 9.17) is 5.41 Å². The minimum absolute atomic E-state index is 0.308. The van der Waals surface area contributed by atoms with E-state index in [1.54, 1.807) is 24.3 Å². The summed E-state index contributed by atoms with van der Waals surface area (Å²) in [6.07, 6.45) is 0.619. The zero-order valence-corrected chi connectivity index (χ0v) is 9.14. The zero-order chi connectivity index (χ0) is 12.6. The number of benzene rings is 1. The van der Waals surface area contributed by atoms with Gasteiger partial charge in [-0.1, -0.05) is 12.1 Å². The first-order chi connectivity index (χ1) is 8.07. The van der Waals surface area contributed by atoms with Gasteiger partial charge in [0.05, 0.1) is 17.3 Å². The van der Waals surface area contributed by atoms with Crippen LogP contribution in [0.15, 0.2) is 24.3 Å². The normalized spacial score (nSPS) is 15.7. The molecule has 0 radical (unpaired) electrons. The molecule has 86 valence electrons. The van der Waals surface area contributed by atoms with Gasteiger partial charge in [0.1, 0.15) is 6.04 Å². The second-order valence-electron chi connectivity index (χ2n) is 3.75. The lowest BCUT2D eigenvalue weighted by atomic mass is 10.1. The van der Waals surface area contributed by atoms with Crippen LogP contribution >= 0.6 is 0 Å². The summed E-state index contributed by atoms with van der Waals surface area (Å²) >= 11 is 0. The fourth-order valence-corrected chi connectivity index (χ4v) is 1.81. The molecule has 5 heteroatoms. The molecular formula is C12H10N2O3. The SMILES string of the molecule is CC(C(=O)C=N)N1C(=O)c2ccccc2C1=O. The number of hydrogen-bond acceptors (Lipinski definition) is 4. The number of ketones is 1. The zero-order valence-electron chi connectivity index (χ0n) is 9.14. The number of nitrogens with one attached hydrogen (secondary N) is 1. The van der Waals surface area contributed by atoms with Gasteiger partial charge in [0.2, 0.25) is 0 Å². The monoisotopic (exact) mass is 230 g/mol. The molecule has 1 aromatic carbocycles.